The zero-order valence-electron chi connectivity index (χ0n) is 15.3. The SMILES string of the molecule is COC(=O)COc1ccc2c(=O)c3c(O)cc(N4CCOCC4)cc3oc2c1. The van der Waals surface area contributed by atoms with Crippen molar-refractivity contribution in [3.63, 3.8) is 0 Å². The zero-order chi connectivity index (χ0) is 19.7. The number of methoxy groups -OCH3 is 1. The molecule has 0 saturated carbocycles. The Morgan fingerprint density at radius 3 is 2.71 bits per heavy atom. The normalized spacial score (nSPS) is 14.4. The van der Waals surface area contributed by atoms with Crippen LogP contribution in [0.4, 0.5) is 5.69 Å². The summed E-state index contributed by atoms with van der Waals surface area (Å²) >= 11 is 0. The van der Waals surface area contributed by atoms with Crippen molar-refractivity contribution in [1.29, 1.82) is 0 Å². The minimum atomic E-state index is -0.514. The highest BCUT2D eigenvalue weighted by atomic mass is 16.6. The molecule has 0 atom stereocenters. The van der Waals surface area contributed by atoms with Gasteiger partial charge >= 0.3 is 5.97 Å². The summed E-state index contributed by atoms with van der Waals surface area (Å²) in [6.07, 6.45) is 0. The Bertz CT molecular complexity index is 1100. The number of morpholine rings is 1. The van der Waals surface area contributed by atoms with Crippen molar-refractivity contribution in [2.45, 2.75) is 0 Å². The number of ether oxygens (including phenoxy) is 3. The monoisotopic (exact) mass is 385 g/mol. The molecule has 0 amide bonds. The summed E-state index contributed by atoms with van der Waals surface area (Å²) in [6.45, 7) is 2.33. The van der Waals surface area contributed by atoms with E-state index in [2.05, 4.69) is 9.64 Å². The van der Waals surface area contributed by atoms with Crippen molar-refractivity contribution < 1.29 is 28.5 Å². The van der Waals surface area contributed by atoms with Gasteiger partial charge in [0.05, 0.1) is 25.7 Å². The predicted octanol–water partition coefficient (Wildman–Crippen LogP) is 2.04. The molecule has 0 unspecified atom stereocenters. The number of hydrogen-bond acceptors (Lipinski definition) is 8. The first-order valence-electron chi connectivity index (χ1n) is 8.82. The Balaban J connectivity index is 1.78. The maximum Gasteiger partial charge on any atom is 0.343 e. The van der Waals surface area contributed by atoms with Crippen LogP contribution in [0.1, 0.15) is 0 Å². The van der Waals surface area contributed by atoms with Gasteiger partial charge in [0, 0.05) is 37.0 Å². The summed E-state index contributed by atoms with van der Waals surface area (Å²) < 4.78 is 21.1. The molecule has 2 aromatic carbocycles. The van der Waals surface area contributed by atoms with Crippen molar-refractivity contribution in [3.8, 4) is 11.5 Å². The lowest BCUT2D eigenvalue weighted by molar-refractivity contribution is -0.142. The third kappa shape index (κ3) is 3.34. The van der Waals surface area contributed by atoms with Gasteiger partial charge in [-0.25, -0.2) is 4.79 Å². The topological polar surface area (TPSA) is 98.4 Å². The number of nitrogens with zero attached hydrogens (tertiary/aromatic N) is 1. The van der Waals surface area contributed by atoms with Crippen LogP contribution in [-0.2, 0) is 14.3 Å². The van der Waals surface area contributed by atoms with Gasteiger partial charge in [-0.3, -0.25) is 4.79 Å². The van der Waals surface area contributed by atoms with Crippen molar-refractivity contribution in [2.24, 2.45) is 0 Å². The summed E-state index contributed by atoms with van der Waals surface area (Å²) in [5.74, 6) is -0.269. The standard InChI is InChI=1S/C20H19NO7/c1-25-18(23)11-27-13-2-3-14-16(10-13)28-17-9-12(21-4-6-26-7-5-21)8-15(22)19(17)20(14)24/h2-3,8-10,22H,4-7,11H2,1H3. The summed E-state index contributed by atoms with van der Waals surface area (Å²) in [4.78, 5) is 26.2. The molecular formula is C20H19NO7. The third-order valence-corrected chi connectivity index (χ3v) is 4.67. The minimum Gasteiger partial charge on any atom is -0.507 e. The number of carbonyl (C=O) groups is 1. The van der Waals surface area contributed by atoms with E-state index >= 15 is 0 Å². The molecule has 0 aliphatic carbocycles. The first-order valence-corrected chi connectivity index (χ1v) is 8.82. The van der Waals surface area contributed by atoms with Gasteiger partial charge in [0.25, 0.3) is 0 Å². The average molecular weight is 385 g/mol. The van der Waals surface area contributed by atoms with Crippen LogP contribution >= 0.6 is 0 Å². The lowest BCUT2D eigenvalue weighted by Crippen LogP contribution is -2.36. The van der Waals surface area contributed by atoms with Gasteiger partial charge in [-0.2, -0.15) is 0 Å². The molecule has 1 N–H and O–H groups in total. The van der Waals surface area contributed by atoms with Crippen LogP contribution in [0.2, 0.25) is 0 Å². The number of carbonyl (C=O) groups excluding carboxylic acids is 1. The van der Waals surface area contributed by atoms with Crippen LogP contribution < -0.4 is 15.1 Å². The van der Waals surface area contributed by atoms with Gasteiger partial charge < -0.3 is 28.6 Å². The Morgan fingerprint density at radius 2 is 1.96 bits per heavy atom. The summed E-state index contributed by atoms with van der Waals surface area (Å²) in [5.41, 5.74) is 1.01. The Labute approximate surface area is 159 Å². The third-order valence-electron chi connectivity index (χ3n) is 4.67. The fourth-order valence-electron chi connectivity index (χ4n) is 3.22. The Hall–Kier alpha value is -3.26. The van der Waals surface area contributed by atoms with E-state index in [1.165, 1.54) is 13.2 Å². The molecule has 28 heavy (non-hydrogen) atoms. The molecule has 0 radical (unpaired) electrons. The van der Waals surface area contributed by atoms with Crippen LogP contribution in [0.15, 0.2) is 39.5 Å². The maximum atomic E-state index is 12.9. The van der Waals surface area contributed by atoms with Gasteiger partial charge in [-0.1, -0.05) is 0 Å². The lowest BCUT2D eigenvalue weighted by Gasteiger charge is -2.29. The highest BCUT2D eigenvalue weighted by Gasteiger charge is 2.18. The maximum absolute atomic E-state index is 12.9. The van der Waals surface area contributed by atoms with Gasteiger partial charge in [-0.15, -0.1) is 0 Å². The van der Waals surface area contributed by atoms with Crippen molar-refractivity contribution in [3.05, 3.63) is 40.6 Å². The predicted molar refractivity (Wildman–Crippen MR) is 102 cm³/mol. The van der Waals surface area contributed by atoms with Gasteiger partial charge in [0.2, 0.25) is 5.43 Å². The molecule has 1 aliphatic rings. The molecule has 4 rings (SSSR count). The van der Waals surface area contributed by atoms with Crippen molar-refractivity contribution >= 4 is 33.6 Å². The molecule has 2 heterocycles. The second-order valence-corrected chi connectivity index (χ2v) is 6.39. The second-order valence-electron chi connectivity index (χ2n) is 6.39. The Morgan fingerprint density at radius 1 is 1.18 bits per heavy atom. The Kier molecular flexibility index (Phi) is 4.79. The van der Waals surface area contributed by atoms with E-state index in [0.29, 0.717) is 43.0 Å². The average Bonchev–Trinajstić information content (AvgIpc) is 2.72. The number of phenolic OH excluding ortho intramolecular Hbond substituents is 1. The summed E-state index contributed by atoms with van der Waals surface area (Å²) in [5, 5.41) is 10.9. The number of benzene rings is 2. The first-order chi connectivity index (χ1) is 13.6. The highest BCUT2D eigenvalue weighted by Crippen LogP contribution is 2.32. The summed E-state index contributed by atoms with van der Waals surface area (Å²) in [6, 6.07) is 7.96. The number of anilines is 1. The van der Waals surface area contributed by atoms with Crippen LogP contribution in [-0.4, -0.2) is 51.1 Å². The highest BCUT2D eigenvalue weighted by molar-refractivity contribution is 5.95. The van der Waals surface area contributed by atoms with Crippen molar-refractivity contribution in [1.82, 2.24) is 0 Å². The fraction of sp³-hybridized carbons (Fsp3) is 0.300. The molecule has 3 aromatic rings. The summed E-state index contributed by atoms with van der Waals surface area (Å²) in [7, 11) is 1.27. The number of aromatic hydroxyl groups is 1. The van der Waals surface area contributed by atoms with E-state index in [9.17, 15) is 14.7 Å². The van der Waals surface area contributed by atoms with E-state index in [0.717, 1.165) is 5.69 Å². The number of phenols is 1. The first kappa shape index (κ1) is 18.1. The molecule has 8 nitrogen and oxygen atoms in total. The van der Waals surface area contributed by atoms with Gasteiger partial charge in [0.15, 0.2) is 6.61 Å². The smallest absolute Gasteiger partial charge is 0.343 e. The van der Waals surface area contributed by atoms with E-state index in [1.54, 1.807) is 24.3 Å². The number of esters is 1. The van der Waals surface area contributed by atoms with Crippen LogP contribution in [0.5, 0.6) is 11.5 Å². The number of hydrogen-bond donors (Lipinski definition) is 1. The van der Waals surface area contributed by atoms with Crippen LogP contribution in [0.25, 0.3) is 21.9 Å². The van der Waals surface area contributed by atoms with Crippen LogP contribution in [0.3, 0.4) is 0 Å². The van der Waals surface area contributed by atoms with E-state index in [1.807, 2.05) is 0 Å². The molecule has 0 spiro atoms. The fourth-order valence-corrected chi connectivity index (χ4v) is 3.22. The van der Waals surface area contributed by atoms with Crippen molar-refractivity contribution in [2.75, 3.05) is 44.9 Å². The molecule has 1 fully saturated rings. The number of fused-ring (bicyclic) bond motifs is 2. The van der Waals surface area contributed by atoms with Crippen LogP contribution in [0, 0.1) is 0 Å². The number of rotatable bonds is 4. The molecular weight excluding hydrogens is 366 g/mol. The lowest BCUT2D eigenvalue weighted by atomic mass is 10.1. The quantitative estimate of drug-likeness (QED) is 0.538. The minimum absolute atomic E-state index is 0.124. The molecule has 1 saturated heterocycles. The molecule has 0 bridgehead atoms. The molecule has 146 valence electrons. The van der Waals surface area contributed by atoms with Gasteiger partial charge in [0.1, 0.15) is 28.1 Å². The second kappa shape index (κ2) is 7.40. The molecule has 1 aliphatic heterocycles. The zero-order valence-corrected chi connectivity index (χ0v) is 15.3. The molecule has 8 heteroatoms. The largest absolute Gasteiger partial charge is 0.507 e. The van der Waals surface area contributed by atoms with E-state index in [4.69, 9.17) is 13.9 Å². The van der Waals surface area contributed by atoms with Gasteiger partial charge in [-0.05, 0) is 12.1 Å². The van der Waals surface area contributed by atoms with E-state index in [-0.39, 0.29) is 28.8 Å². The molecule has 1 aromatic heterocycles. The van der Waals surface area contributed by atoms with E-state index < -0.39 is 5.97 Å².